The molecular formula is C11H9BrCl2N2S. The molecule has 1 N–H and O–H groups in total. The van der Waals surface area contributed by atoms with Gasteiger partial charge in [0.1, 0.15) is 9.49 Å². The summed E-state index contributed by atoms with van der Waals surface area (Å²) in [6.07, 6.45) is 0. The van der Waals surface area contributed by atoms with E-state index in [1.165, 1.54) is 0 Å². The zero-order valence-electron chi connectivity index (χ0n) is 8.93. The molecule has 2 rings (SSSR count). The number of rotatable bonds is 3. The Morgan fingerprint density at radius 3 is 2.76 bits per heavy atom. The van der Waals surface area contributed by atoms with E-state index < -0.39 is 0 Å². The minimum atomic E-state index is 0.509. The lowest BCUT2D eigenvalue weighted by Crippen LogP contribution is -2.00. The maximum absolute atomic E-state index is 5.98. The number of pyridine rings is 1. The van der Waals surface area contributed by atoms with Gasteiger partial charge < -0.3 is 5.32 Å². The van der Waals surface area contributed by atoms with E-state index in [4.69, 9.17) is 23.2 Å². The van der Waals surface area contributed by atoms with E-state index in [0.29, 0.717) is 5.15 Å². The predicted octanol–water partition coefficient (Wildman–Crippen LogP) is 5.13. The molecule has 0 radical (unpaired) electrons. The molecule has 90 valence electrons. The Balaban J connectivity index is 2.07. The molecule has 0 atom stereocenters. The first-order chi connectivity index (χ1) is 8.06. The third-order valence-electron chi connectivity index (χ3n) is 2.20. The van der Waals surface area contributed by atoms with Crippen molar-refractivity contribution in [3.8, 4) is 0 Å². The lowest BCUT2D eigenvalue weighted by molar-refractivity contribution is 1.13. The molecule has 0 aliphatic heterocycles. The highest BCUT2D eigenvalue weighted by Crippen LogP contribution is 2.32. The standard InChI is InChI=1S/C11H9BrCl2N2S/c1-6-9(2-3-10(13)16-6)15-5-7-4-8(12)11(14)17-7/h2-4,15H,5H2,1H3. The SMILES string of the molecule is Cc1nc(Cl)ccc1NCc1cc(Br)c(Cl)s1. The molecule has 2 heterocycles. The Labute approximate surface area is 122 Å². The van der Waals surface area contributed by atoms with Crippen molar-refractivity contribution < 1.29 is 0 Å². The second-order valence-electron chi connectivity index (χ2n) is 3.45. The summed E-state index contributed by atoms with van der Waals surface area (Å²) in [6, 6.07) is 5.71. The summed E-state index contributed by atoms with van der Waals surface area (Å²) >= 11 is 16.7. The highest BCUT2D eigenvalue weighted by Gasteiger charge is 2.05. The van der Waals surface area contributed by atoms with Gasteiger partial charge in [-0.05, 0) is 41.1 Å². The third kappa shape index (κ3) is 3.35. The molecule has 0 saturated heterocycles. The van der Waals surface area contributed by atoms with Crippen LogP contribution in [0.5, 0.6) is 0 Å². The molecule has 2 nitrogen and oxygen atoms in total. The predicted molar refractivity (Wildman–Crippen MR) is 78.3 cm³/mol. The lowest BCUT2D eigenvalue weighted by atomic mass is 10.3. The average molecular weight is 352 g/mol. The molecule has 0 saturated carbocycles. The Morgan fingerprint density at radius 1 is 1.41 bits per heavy atom. The van der Waals surface area contributed by atoms with E-state index in [1.807, 2.05) is 19.1 Å². The molecule has 2 aromatic rings. The third-order valence-corrected chi connectivity index (χ3v) is 4.89. The van der Waals surface area contributed by atoms with E-state index >= 15 is 0 Å². The molecule has 0 fully saturated rings. The van der Waals surface area contributed by atoms with Crippen LogP contribution >= 0.6 is 50.5 Å². The first-order valence-corrected chi connectivity index (χ1v) is 7.23. The minimum absolute atomic E-state index is 0.509. The number of nitrogens with one attached hydrogen (secondary N) is 1. The summed E-state index contributed by atoms with van der Waals surface area (Å²) in [5.74, 6) is 0. The Morgan fingerprint density at radius 2 is 2.18 bits per heavy atom. The smallest absolute Gasteiger partial charge is 0.129 e. The van der Waals surface area contributed by atoms with E-state index in [9.17, 15) is 0 Å². The Hall–Kier alpha value is -0.290. The number of hydrogen-bond acceptors (Lipinski definition) is 3. The zero-order chi connectivity index (χ0) is 12.4. The van der Waals surface area contributed by atoms with Gasteiger partial charge in [0, 0.05) is 15.9 Å². The number of aryl methyl sites for hydroxylation is 1. The Bertz CT molecular complexity index is 523. The minimum Gasteiger partial charge on any atom is -0.379 e. The summed E-state index contributed by atoms with van der Waals surface area (Å²) in [4.78, 5) is 5.34. The van der Waals surface area contributed by atoms with Crippen LogP contribution in [0.3, 0.4) is 0 Å². The molecule has 0 aliphatic carbocycles. The number of halogens is 3. The van der Waals surface area contributed by atoms with Gasteiger partial charge in [-0.15, -0.1) is 11.3 Å². The molecule has 0 amide bonds. The largest absolute Gasteiger partial charge is 0.379 e. The fourth-order valence-corrected chi connectivity index (χ4v) is 3.30. The van der Waals surface area contributed by atoms with Crippen molar-refractivity contribution >= 4 is 56.2 Å². The van der Waals surface area contributed by atoms with E-state index in [1.54, 1.807) is 17.4 Å². The van der Waals surface area contributed by atoms with Crippen LogP contribution in [-0.4, -0.2) is 4.98 Å². The van der Waals surface area contributed by atoms with Crippen LogP contribution in [0, 0.1) is 6.92 Å². The van der Waals surface area contributed by atoms with Gasteiger partial charge in [0.05, 0.1) is 11.4 Å². The summed E-state index contributed by atoms with van der Waals surface area (Å²) in [6.45, 7) is 2.64. The van der Waals surface area contributed by atoms with Crippen LogP contribution < -0.4 is 5.32 Å². The lowest BCUT2D eigenvalue weighted by Gasteiger charge is -2.07. The van der Waals surface area contributed by atoms with Gasteiger partial charge in [0.15, 0.2) is 0 Å². The molecule has 0 aromatic carbocycles. The molecule has 0 unspecified atom stereocenters. The van der Waals surface area contributed by atoms with Gasteiger partial charge >= 0.3 is 0 Å². The number of nitrogens with zero attached hydrogens (tertiary/aromatic N) is 1. The summed E-state index contributed by atoms with van der Waals surface area (Å²) in [5, 5.41) is 3.82. The molecule has 6 heteroatoms. The molecule has 0 spiro atoms. The van der Waals surface area contributed by atoms with Crippen molar-refractivity contribution in [1.82, 2.24) is 4.98 Å². The van der Waals surface area contributed by atoms with Gasteiger partial charge in [0.2, 0.25) is 0 Å². The van der Waals surface area contributed by atoms with Crippen molar-refractivity contribution in [2.24, 2.45) is 0 Å². The fourth-order valence-electron chi connectivity index (χ4n) is 1.38. The molecule has 17 heavy (non-hydrogen) atoms. The first-order valence-electron chi connectivity index (χ1n) is 4.87. The van der Waals surface area contributed by atoms with Crippen LogP contribution in [0.2, 0.25) is 9.49 Å². The van der Waals surface area contributed by atoms with Gasteiger partial charge in [-0.1, -0.05) is 23.2 Å². The van der Waals surface area contributed by atoms with Gasteiger partial charge in [-0.25, -0.2) is 4.98 Å². The van der Waals surface area contributed by atoms with Crippen molar-refractivity contribution in [2.45, 2.75) is 13.5 Å². The van der Waals surface area contributed by atoms with Crippen molar-refractivity contribution in [1.29, 1.82) is 0 Å². The highest BCUT2D eigenvalue weighted by atomic mass is 79.9. The van der Waals surface area contributed by atoms with Crippen LogP contribution in [0.15, 0.2) is 22.7 Å². The normalized spacial score (nSPS) is 10.6. The van der Waals surface area contributed by atoms with Crippen LogP contribution in [0.4, 0.5) is 5.69 Å². The molecule has 0 bridgehead atoms. The van der Waals surface area contributed by atoms with Crippen LogP contribution in [0.25, 0.3) is 0 Å². The molecular weight excluding hydrogens is 343 g/mol. The second-order valence-corrected chi connectivity index (χ2v) is 6.44. The van der Waals surface area contributed by atoms with E-state index in [0.717, 1.165) is 31.6 Å². The van der Waals surface area contributed by atoms with Crippen LogP contribution in [0.1, 0.15) is 10.6 Å². The fraction of sp³-hybridized carbons (Fsp3) is 0.182. The summed E-state index contributed by atoms with van der Waals surface area (Å²) < 4.78 is 1.71. The topological polar surface area (TPSA) is 24.9 Å². The number of hydrogen-bond donors (Lipinski definition) is 1. The summed E-state index contributed by atoms with van der Waals surface area (Å²) in [7, 11) is 0. The average Bonchev–Trinajstić information content (AvgIpc) is 2.57. The highest BCUT2D eigenvalue weighted by molar-refractivity contribution is 9.10. The molecule has 2 aromatic heterocycles. The molecule has 0 aliphatic rings. The first kappa shape index (κ1) is 13.1. The second kappa shape index (κ2) is 5.57. The number of anilines is 1. The van der Waals surface area contributed by atoms with Crippen molar-refractivity contribution in [3.05, 3.63) is 42.7 Å². The van der Waals surface area contributed by atoms with E-state index in [-0.39, 0.29) is 0 Å². The maximum atomic E-state index is 5.98. The monoisotopic (exact) mass is 350 g/mol. The van der Waals surface area contributed by atoms with Crippen LogP contribution in [-0.2, 0) is 6.54 Å². The summed E-state index contributed by atoms with van der Waals surface area (Å²) in [5.41, 5.74) is 1.87. The maximum Gasteiger partial charge on any atom is 0.129 e. The number of aromatic nitrogens is 1. The number of thiophene rings is 1. The van der Waals surface area contributed by atoms with Crippen molar-refractivity contribution in [3.63, 3.8) is 0 Å². The zero-order valence-corrected chi connectivity index (χ0v) is 12.8. The quantitative estimate of drug-likeness (QED) is 0.775. The van der Waals surface area contributed by atoms with Gasteiger partial charge in [0.25, 0.3) is 0 Å². The van der Waals surface area contributed by atoms with Crippen molar-refractivity contribution in [2.75, 3.05) is 5.32 Å². The van der Waals surface area contributed by atoms with Gasteiger partial charge in [-0.2, -0.15) is 0 Å². The van der Waals surface area contributed by atoms with E-state index in [2.05, 4.69) is 26.2 Å². The Kier molecular flexibility index (Phi) is 4.31. The van der Waals surface area contributed by atoms with Gasteiger partial charge in [-0.3, -0.25) is 0 Å².